The van der Waals surface area contributed by atoms with Crippen molar-refractivity contribution in [3.05, 3.63) is 28.8 Å². The first-order valence-corrected chi connectivity index (χ1v) is 7.78. The van der Waals surface area contributed by atoms with Gasteiger partial charge < -0.3 is 10.6 Å². The van der Waals surface area contributed by atoms with Gasteiger partial charge in [0.05, 0.1) is 0 Å². The molecule has 0 aliphatic heterocycles. The van der Waals surface area contributed by atoms with Crippen LogP contribution in [0.2, 0.25) is 5.02 Å². The fraction of sp³-hybridized carbons (Fsp3) is 0.333. The second-order valence-electron chi connectivity index (χ2n) is 4.14. The molecule has 0 fully saturated rings. The maximum absolute atomic E-state index is 6.22. The summed E-state index contributed by atoms with van der Waals surface area (Å²) >= 11 is 9.35. The van der Waals surface area contributed by atoms with Crippen molar-refractivity contribution >= 4 is 39.8 Å². The highest BCUT2D eigenvalue weighted by atomic mass is 35.5. The lowest BCUT2D eigenvalue weighted by atomic mass is 10.1. The summed E-state index contributed by atoms with van der Waals surface area (Å²) in [7, 11) is 3.90. The molecule has 19 heavy (non-hydrogen) atoms. The summed E-state index contributed by atoms with van der Waals surface area (Å²) in [6.45, 7) is 0.606. The molecule has 0 unspecified atom stereocenters. The fourth-order valence-electron chi connectivity index (χ4n) is 1.48. The smallest absolute Gasteiger partial charge is 0.208 e. The van der Waals surface area contributed by atoms with Gasteiger partial charge in [-0.3, -0.25) is 0 Å². The summed E-state index contributed by atoms with van der Waals surface area (Å²) in [6.07, 6.45) is 0.799. The van der Waals surface area contributed by atoms with Gasteiger partial charge in [0, 0.05) is 24.0 Å². The van der Waals surface area contributed by atoms with E-state index in [2.05, 4.69) is 10.2 Å². The minimum absolute atomic E-state index is 0.606. The van der Waals surface area contributed by atoms with Gasteiger partial charge in [0.15, 0.2) is 4.34 Å². The number of anilines is 1. The standard InChI is InChI=1S/C12H15ClN4S2/c1-17(2)11-15-16-12(19-11)18-9-4-3-8(5-6-14)10(13)7-9/h3-4,7H,5-6,14H2,1-2H3. The van der Waals surface area contributed by atoms with Gasteiger partial charge in [-0.15, -0.1) is 10.2 Å². The molecule has 7 heteroatoms. The summed E-state index contributed by atoms with van der Waals surface area (Å²) in [5, 5.41) is 9.91. The largest absolute Gasteiger partial charge is 0.353 e. The lowest BCUT2D eigenvalue weighted by Crippen LogP contribution is -2.07. The van der Waals surface area contributed by atoms with E-state index in [-0.39, 0.29) is 0 Å². The van der Waals surface area contributed by atoms with Gasteiger partial charge in [-0.1, -0.05) is 40.8 Å². The minimum Gasteiger partial charge on any atom is -0.353 e. The molecule has 2 N–H and O–H groups in total. The van der Waals surface area contributed by atoms with Crippen molar-refractivity contribution in [2.75, 3.05) is 25.5 Å². The summed E-state index contributed by atoms with van der Waals surface area (Å²) in [4.78, 5) is 3.01. The van der Waals surface area contributed by atoms with Crippen LogP contribution in [0, 0.1) is 0 Å². The zero-order valence-corrected chi connectivity index (χ0v) is 13.1. The average Bonchev–Trinajstić information content (AvgIpc) is 2.81. The van der Waals surface area contributed by atoms with E-state index in [1.54, 1.807) is 23.1 Å². The molecule has 1 aromatic carbocycles. The maximum Gasteiger partial charge on any atom is 0.208 e. The van der Waals surface area contributed by atoms with Crippen LogP contribution in [0.5, 0.6) is 0 Å². The first-order valence-electron chi connectivity index (χ1n) is 5.77. The summed E-state index contributed by atoms with van der Waals surface area (Å²) in [5.41, 5.74) is 6.62. The van der Waals surface area contributed by atoms with Crippen LogP contribution >= 0.6 is 34.7 Å². The van der Waals surface area contributed by atoms with Gasteiger partial charge in [-0.05, 0) is 30.7 Å². The Morgan fingerprint density at radius 1 is 1.37 bits per heavy atom. The van der Waals surface area contributed by atoms with Crippen molar-refractivity contribution < 1.29 is 0 Å². The number of rotatable bonds is 5. The Morgan fingerprint density at radius 2 is 2.16 bits per heavy atom. The normalized spacial score (nSPS) is 10.7. The zero-order valence-electron chi connectivity index (χ0n) is 10.8. The highest BCUT2D eigenvalue weighted by Gasteiger charge is 2.08. The van der Waals surface area contributed by atoms with E-state index in [0.29, 0.717) is 6.54 Å². The monoisotopic (exact) mass is 314 g/mol. The maximum atomic E-state index is 6.22. The molecule has 0 bridgehead atoms. The third-order valence-electron chi connectivity index (χ3n) is 2.42. The molecular formula is C12H15ClN4S2. The lowest BCUT2D eigenvalue weighted by Gasteiger charge is -2.05. The molecule has 1 heterocycles. The van der Waals surface area contributed by atoms with Crippen molar-refractivity contribution in [1.82, 2.24) is 10.2 Å². The highest BCUT2D eigenvalue weighted by Crippen LogP contribution is 2.34. The Kier molecular flexibility index (Phi) is 5.04. The molecule has 0 spiro atoms. The molecule has 102 valence electrons. The van der Waals surface area contributed by atoms with Crippen LogP contribution < -0.4 is 10.6 Å². The second-order valence-corrected chi connectivity index (χ2v) is 6.82. The van der Waals surface area contributed by atoms with Gasteiger partial charge in [0.1, 0.15) is 0 Å². The fourth-order valence-corrected chi connectivity index (χ4v) is 3.59. The Hall–Kier alpha value is -0.820. The first-order chi connectivity index (χ1) is 9.10. The number of halogens is 1. The molecule has 0 saturated heterocycles. The van der Waals surface area contributed by atoms with Crippen molar-refractivity contribution in [3.63, 3.8) is 0 Å². The first kappa shape index (κ1) is 14.6. The lowest BCUT2D eigenvalue weighted by molar-refractivity contribution is 0.965. The average molecular weight is 315 g/mol. The topological polar surface area (TPSA) is 55.0 Å². The second kappa shape index (κ2) is 6.56. The van der Waals surface area contributed by atoms with E-state index in [0.717, 1.165) is 31.4 Å². The molecule has 2 aromatic rings. The van der Waals surface area contributed by atoms with Crippen LogP contribution in [0.4, 0.5) is 5.13 Å². The number of aromatic nitrogens is 2. The van der Waals surface area contributed by atoms with Crippen LogP contribution in [0.15, 0.2) is 27.4 Å². The van der Waals surface area contributed by atoms with Crippen molar-refractivity contribution in [1.29, 1.82) is 0 Å². The van der Waals surface area contributed by atoms with Crippen LogP contribution in [-0.4, -0.2) is 30.8 Å². The van der Waals surface area contributed by atoms with Crippen LogP contribution in [-0.2, 0) is 6.42 Å². The van der Waals surface area contributed by atoms with Gasteiger partial charge in [-0.2, -0.15) is 0 Å². The molecule has 0 aliphatic carbocycles. The van der Waals surface area contributed by atoms with Crippen molar-refractivity contribution in [2.24, 2.45) is 5.73 Å². The van der Waals surface area contributed by atoms with E-state index < -0.39 is 0 Å². The van der Waals surface area contributed by atoms with Gasteiger partial charge in [0.25, 0.3) is 0 Å². The number of hydrogen-bond acceptors (Lipinski definition) is 6. The number of hydrogen-bond donors (Lipinski definition) is 1. The minimum atomic E-state index is 0.606. The van der Waals surface area contributed by atoms with E-state index in [4.69, 9.17) is 17.3 Å². The molecule has 4 nitrogen and oxygen atoms in total. The number of nitrogens with zero attached hydrogens (tertiary/aromatic N) is 3. The van der Waals surface area contributed by atoms with Crippen LogP contribution in [0.1, 0.15) is 5.56 Å². The Bertz CT molecular complexity index is 556. The number of nitrogens with two attached hydrogens (primary N) is 1. The molecule has 0 radical (unpaired) electrons. The Morgan fingerprint density at radius 3 is 2.74 bits per heavy atom. The van der Waals surface area contributed by atoms with E-state index >= 15 is 0 Å². The Balaban J connectivity index is 2.12. The molecule has 0 aliphatic rings. The van der Waals surface area contributed by atoms with Crippen LogP contribution in [0.3, 0.4) is 0 Å². The molecular weight excluding hydrogens is 300 g/mol. The van der Waals surface area contributed by atoms with E-state index in [1.807, 2.05) is 37.2 Å². The van der Waals surface area contributed by atoms with Crippen LogP contribution in [0.25, 0.3) is 0 Å². The predicted molar refractivity (Wildman–Crippen MR) is 82.6 cm³/mol. The summed E-state index contributed by atoms with van der Waals surface area (Å²) < 4.78 is 0.909. The molecule has 2 rings (SSSR count). The summed E-state index contributed by atoms with van der Waals surface area (Å²) in [6, 6.07) is 6.01. The van der Waals surface area contributed by atoms with Gasteiger partial charge in [0.2, 0.25) is 5.13 Å². The van der Waals surface area contributed by atoms with E-state index in [1.165, 1.54) is 0 Å². The zero-order chi connectivity index (χ0) is 13.8. The third-order valence-corrected chi connectivity index (χ3v) is 4.91. The molecule has 1 aromatic heterocycles. The van der Waals surface area contributed by atoms with Gasteiger partial charge in [-0.25, -0.2) is 0 Å². The Labute approximate surface area is 126 Å². The van der Waals surface area contributed by atoms with Gasteiger partial charge >= 0.3 is 0 Å². The SMILES string of the molecule is CN(C)c1nnc(Sc2ccc(CCN)c(Cl)c2)s1. The van der Waals surface area contributed by atoms with Crippen molar-refractivity contribution in [2.45, 2.75) is 15.7 Å². The molecule has 0 amide bonds. The quantitative estimate of drug-likeness (QED) is 0.919. The molecule has 0 atom stereocenters. The third kappa shape index (κ3) is 3.82. The van der Waals surface area contributed by atoms with Crippen molar-refractivity contribution in [3.8, 4) is 0 Å². The van der Waals surface area contributed by atoms with E-state index in [9.17, 15) is 0 Å². The number of benzene rings is 1. The predicted octanol–water partition coefficient (Wildman–Crippen LogP) is 2.91. The molecule has 0 saturated carbocycles. The highest BCUT2D eigenvalue weighted by molar-refractivity contribution is 8.01. The summed E-state index contributed by atoms with van der Waals surface area (Å²) in [5.74, 6) is 0.